The summed E-state index contributed by atoms with van der Waals surface area (Å²) in [6.07, 6.45) is 0. The van der Waals surface area contributed by atoms with E-state index in [4.69, 9.17) is 25.1 Å². The van der Waals surface area contributed by atoms with E-state index in [0.29, 0.717) is 0 Å². The van der Waals surface area contributed by atoms with Crippen LogP contribution in [0.5, 0.6) is 0 Å². The van der Waals surface area contributed by atoms with Crippen molar-refractivity contribution in [2.75, 3.05) is 7.05 Å². The molecule has 0 rings (SSSR count). The minimum atomic E-state index is -1.48. The summed E-state index contributed by atoms with van der Waals surface area (Å²) in [5.74, 6) is 0. The number of hydrogen-bond acceptors (Lipinski definition) is 0. The van der Waals surface area contributed by atoms with Crippen LogP contribution in [0.2, 0.25) is 0 Å². The molecule has 1 nitrogen and oxygen atoms in total. The Labute approximate surface area is 69.7 Å². The van der Waals surface area contributed by atoms with E-state index in [2.05, 4.69) is 24.0 Å². The zero-order chi connectivity index (χ0) is 8.28. The van der Waals surface area contributed by atoms with Gasteiger partial charge in [-0.1, -0.05) is 13.2 Å². The molecule has 0 saturated carbocycles. The van der Waals surface area contributed by atoms with Crippen molar-refractivity contribution in [1.29, 1.82) is 0 Å². The van der Waals surface area contributed by atoms with E-state index in [0.717, 1.165) is 0 Å². The van der Waals surface area contributed by atoms with Gasteiger partial charge in [-0.25, -0.2) is 0 Å². The molecule has 0 atom stereocenters. The van der Waals surface area contributed by atoms with Crippen LogP contribution in [0, 0.1) is 0 Å². The summed E-state index contributed by atoms with van der Waals surface area (Å²) >= 11 is -1.48. The molecule has 0 aromatic rings. The molecule has 0 aromatic heterocycles. The SMILES string of the molecule is C=C=C.C[NH-].[CH2]=[Ru]([Cl])[Cl]. The molecular formula is C5H10Cl2NRu-. The Morgan fingerprint density at radius 2 is 1.33 bits per heavy atom. The van der Waals surface area contributed by atoms with Crippen molar-refractivity contribution in [3.05, 3.63) is 24.6 Å². The van der Waals surface area contributed by atoms with Crippen molar-refractivity contribution in [1.82, 2.24) is 0 Å². The number of nitrogens with one attached hydrogen (secondary N) is 1. The van der Waals surface area contributed by atoms with Gasteiger partial charge in [0.15, 0.2) is 0 Å². The second-order valence-corrected chi connectivity index (χ2v) is 6.29. The number of hydrogen-bond donors (Lipinski definition) is 0. The van der Waals surface area contributed by atoms with Gasteiger partial charge in [0, 0.05) is 0 Å². The maximum absolute atomic E-state index is 5.75. The van der Waals surface area contributed by atoms with Crippen LogP contribution in [-0.4, -0.2) is 12.2 Å². The van der Waals surface area contributed by atoms with Crippen molar-refractivity contribution in [2.45, 2.75) is 0 Å². The summed E-state index contributed by atoms with van der Waals surface area (Å²) < 4.78 is 0. The molecule has 0 aliphatic carbocycles. The molecule has 0 fully saturated rings. The fourth-order valence-electron chi connectivity index (χ4n) is 0. The van der Waals surface area contributed by atoms with Gasteiger partial charge in [0.25, 0.3) is 0 Å². The average molecular weight is 256 g/mol. The second kappa shape index (κ2) is 23.5. The molecule has 58 valence electrons. The summed E-state index contributed by atoms with van der Waals surface area (Å²) in [6, 6.07) is 0. The summed E-state index contributed by atoms with van der Waals surface area (Å²) in [5, 5.41) is 3.31. The Balaban J connectivity index is -0.0000000646. The molecule has 0 radical (unpaired) electrons. The predicted octanol–water partition coefficient (Wildman–Crippen LogP) is 2.97. The van der Waals surface area contributed by atoms with E-state index in [1.165, 1.54) is 7.05 Å². The van der Waals surface area contributed by atoms with E-state index in [-0.39, 0.29) is 0 Å². The maximum atomic E-state index is 5.75. The first-order valence-electron chi connectivity index (χ1n) is 1.72. The van der Waals surface area contributed by atoms with Crippen LogP contribution in [0.15, 0.2) is 18.9 Å². The van der Waals surface area contributed by atoms with Gasteiger partial charge in [0.05, 0.1) is 0 Å². The molecule has 0 bridgehead atoms. The number of rotatable bonds is 0. The topological polar surface area (TPSA) is 23.8 Å². The third kappa shape index (κ3) is 1200. The standard InChI is InChI=1S/C3H4.CH4N.CH2.2ClH.Ru/c1-3-2;1-2;;;;/h1-2H2;2H,1H3;1H2;2*1H;/q;-1;;;;+2/p-2. The third-order valence-corrected chi connectivity index (χ3v) is 0. The summed E-state index contributed by atoms with van der Waals surface area (Å²) in [4.78, 5) is 0. The Morgan fingerprint density at radius 1 is 1.33 bits per heavy atom. The third-order valence-electron chi connectivity index (χ3n) is 0. The van der Waals surface area contributed by atoms with Crippen molar-refractivity contribution >= 4 is 24.5 Å². The monoisotopic (exact) mass is 256 g/mol. The van der Waals surface area contributed by atoms with Crippen LogP contribution in [0.3, 0.4) is 0 Å². The zero-order valence-electron chi connectivity index (χ0n) is 5.23. The van der Waals surface area contributed by atoms with Gasteiger partial charge in [-0.15, -0.1) is 5.73 Å². The molecule has 0 amide bonds. The first-order valence-corrected chi connectivity index (χ1v) is 7.43. The molecular weight excluding hydrogens is 246 g/mol. The predicted molar refractivity (Wildman–Crippen MR) is 43.8 cm³/mol. The summed E-state index contributed by atoms with van der Waals surface area (Å²) in [7, 11) is 11.4. The molecule has 0 unspecified atom stereocenters. The molecule has 9 heavy (non-hydrogen) atoms. The summed E-state index contributed by atoms with van der Waals surface area (Å²) in [6.45, 7) is 6.25. The van der Waals surface area contributed by atoms with Crippen molar-refractivity contribution < 1.29 is 13.5 Å². The van der Waals surface area contributed by atoms with Crippen LogP contribution >= 0.6 is 19.4 Å². The molecule has 0 saturated heterocycles. The summed E-state index contributed by atoms with van der Waals surface area (Å²) in [5.41, 5.74) is 8.00. The van der Waals surface area contributed by atoms with E-state index in [1.807, 2.05) is 0 Å². The molecule has 0 aromatic carbocycles. The van der Waals surface area contributed by atoms with Crippen molar-refractivity contribution in [3.8, 4) is 0 Å². The van der Waals surface area contributed by atoms with Crippen LogP contribution in [0.25, 0.3) is 5.73 Å². The van der Waals surface area contributed by atoms with E-state index >= 15 is 0 Å². The molecule has 0 aliphatic rings. The first kappa shape index (κ1) is 16.3. The second-order valence-electron chi connectivity index (χ2n) is 0.489. The first-order chi connectivity index (χ1) is 4.15. The molecule has 0 spiro atoms. The van der Waals surface area contributed by atoms with Gasteiger partial charge in [0.2, 0.25) is 0 Å². The van der Waals surface area contributed by atoms with Gasteiger partial charge in [-0.05, 0) is 0 Å². The quantitative estimate of drug-likeness (QED) is 0.470. The molecule has 4 heteroatoms. The van der Waals surface area contributed by atoms with Gasteiger partial charge in [-0.3, -0.25) is 0 Å². The van der Waals surface area contributed by atoms with Gasteiger partial charge >= 0.3 is 38.0 Å². The van der Waals surface area contributed by atoms with Crippen LogP contribution < -0.4 is 0 Å². The Hall–Kier alpha value is 0.553. The van der Waals surface area contributed by atoms with Crippen molar-refractivity contribution in [2.24, 2.45) is 0 Å². The van der Waals surface area contributed by atoms with Crippen LogP contribution in [0.4, 0.5) is 0 Å². The molecule has 1 N–H and O–H groups in total. The number of halogens is 2. The van der Waals surface area contributed by atoms with Gasteiger partial charge < -0.3 is 5.73 Å². The Kier molecular flexibility index (Phi) is 42.6. The van der Waals surface area contributed by atoms with Crippen molar-refractivity contribution in [3.63, 3.8) is 0 Å². The Morgan fingerprint density at radius 3 is 1.33 bits per heavy atom. The Bertz CT molecular complexity index is 83.0. The fraction of sp³-hybridized carbons (Fsp3) is 0.200. The van der Waals surface area contributed by atoms with Crippen LogP contribution in [0.1, 0.15) is 0 Å². The fourth-order valence-corrected chi connectivity index (χ4v) is 0. The van der Waals surface area contributed by atoms with E-state index < -0.39 is 13.5 Å². The zero-order valence-corrected chi connectivity index (χ0v) is 8.48. The van der Waals surface area contributed by atoms with Crippen LogP contribution in [-0.2, 0) is 13.5 Å². The normalized spacial score (nSPS) is 6.44. The van der Waals surface area contributed by atoms with E-state index in [9.17, 15) is 0 Å². The minimum absolute atomic E-state index is 1.25. The molecule has 0 heterocycles. The van der Waals surface area contributed by atoms with E-state index in [1.54, 1.807) is 0 Å². The van der Waals surface area contributed by atoms with Gasteiger partial charge in [-0.2, -0.15) is 7.05 Å². The van der Waals surface area contributed by atoms with Gasteiger partial charge in [0.1, 0.15) is 0 Å². The molecule has 0 aliphatic heterocycles. The average Bonchev–Trinajstić information content (AvgIpc) is 1.71.